The molecule has 0 atom stereocenters. The van der Waals surface area contributed by atoms with Crippen molar-refractivity contribution in [3.8, 4) is 0 Å². The van der Waals surface area contributed by atoms with Gasteiger partial charge in [-0.15, -0.1) is 0 Å². The molecule has 2 N–H and O–H groups in total. The maximum atomic E-state index is 5.75. The van der Waals surface area contributed by atoms with E-state index in [0.29, 0.717) is 24.9 Å². The van der Waals surface area contributed by atoms with Crippen LogP contribution in [0.25, 0.3) is 0 Å². The second-order valence-corrected chi connectivity index (χ2v) is 5.14. The van der Waals surface area contributed by atoms with Gasteiger partial charge in [-0.25, -0.2) is 0 Å². The molecule has 4 heteroatoms. The number of rotatable bonds is 6. The zero-order valence-corrected chi connectivity index (χ0v) is 13.0. The van der Waals surface area contributed by atoms with Gasteiger partial charge in [0, 0.05) is 13.6 Å². The molecule has 0 radical (unpaired) electrons. The standard InChI is InChI=1S/C17H20N2OS/c1-18-17(21)19-11-15-8-5-9-16(10-15)13-20-12-14-6-3-2-4-7-14/h2-10H,11-13H2,1H3,(H2,18,19,21). The lowest BCUT2D eigenvalue weighted by molar-refractivity contribution is 0.107. The summed E-state index contributed by atoms with van der Waals surface area (Å²) in [6, 6.07) is 18.5. The molecule has 21 heavy (non-hydrogen) atoms. The summed E-state index contributed by atoms with van der Waals surface area (Å²) in [5.41, 5.74) is 3.55. The van der Waals surface area contributed by atoms with E-state index < -0.39 is 0 Å². The summed E-state index contributed by atoms with van der Waals surface area (Å²) < 4.78 is 5.75. The van der Waals surface area contributed by atoms with E-state index in [1.54, 1.807) is 0 Å². The Labute approximate surface area is 131 Å². The maximum absolute atomic E-state index is 5.75. The highest BCUT2D eigenvalue weighted by molar-refractivity contribution is 7.80. The molecule has 0 amide bonds. The Kier molecular flexibility index (Phi) is 6.19. The minimum Gasteiger partial charge on any atom is -0.372 e. The van der Waals surface area contributed by atoms with Gasteiger partial charge in [0.2, 0.25) is 0 Å². The van der Waals surface area contributed by atoms with Crippen LogP contribution in [0.3, 0.4) is 0 Å². The van der Waals surface area contributed by atoms with Crippen LogP contribution < -0.4 is 10.6 Å². The second kappa shape index (κ2) is 8.39. The Bertz CT molecular complexity index is 572. The molecule has 3 nitrogen and oxygen atoms in total. The van der Waals surface area contributed by atoms with Gasteiger partial charge in [0.25, 0.3) is 0 Å². The minimum atomic E-state index is 0.610. The molecule has 0 aliphatic rings. The number of hydrogen-bond acceptors (Lipinski definition) is 2. The third-order valence-corrected chi connectivity index (χ3v) is 3.40. The van der Waals surface area contributed by atoms with E-state index in [4.69, 9.17) is 17.0 Å². The van der Waals surface area contributed by atoms with E-state index in [0.717, 1.165) is 0 Å². The molecule has 2 rings (SSSR count). The molecular weight excluding hydrogens is 280 g/mol. The van der Waals surface area contributed by atoms with Crippen LogP contribution in [0.2, 0.25) is 0 Å². The SMILES string of the molecule is CNC(=S)NCc1cccc(COCc2ccccc2)c1. The predicted octanol–water partition coefficient (Wildman–Crippen LogP) is 3.00. The molecule has 0 bridgehead atoms. The van der Waals surface area contributed by atoms with Gasteiger partial charge < -0.3 is 15.4 Å². The largest absolute Gasteiger partial charge is 0.372 e. The number of hydrogen-bond donors (Lipinski definition) is 2. The summed E-state index contributed by atoms with van der Waals surface area (Å²) in [5.74, 6) is 0. The summed E-state index contributed by atoms with van der Waals surface area (Å²) in [6.07, 6.45) is 0. The van der Waals surface area contributed by atoms with Crippen LogP contribution in [-0.4, -0.2) is 12.2 Å². The first-order valence-electron chi connectivity index (χ1n) is 6.93. The van der Waals surface area contributed by atoms with Crippen molar-refractivity contribution < 1.29 is 4.74 Å². The minimum absolute atomic E-state index is 0.610. The van der Waals surface area contributed by atoms with Gasteiger partial charge in [0.15, 0.2) is 5.11 Å². The van der Waals surface area contributed by atoms with E-state index in [1.807, 2.05) is 31.3 Å². The molecule has 0 aromatic heterocycles. The second-order valence-electron chi connectivity index (χ2n) is 4.73. The normalized spacial score (nSPS) is 10.1. The highest BCUT2D eigenvalue weighted by Crippen LogP contribution is 2.08. The van der Waals surface area contributed by atoms with Crippen molar-refractivity contribution in [1.82, 2.24) is 10.6 Å². The van der Waals surface area contributed by atoms with Crippen LogP contribution in [0.5, 0.6) is 0 Å². The summed E-state index contributed by atoms with van der Waals surface area (Å²) in [6.45, 7) is 1.96. The fourth-order valence-corrected chi connectivity index (χ4v) is 2.03. The average molecular weight is 300 g/mol. The third-order valence-electron chi connectivity index (χ3n) is 3.05. The lowest BCUT2D eigenvalue weighted by atomic mass is 10.1. The summed E-state index contributed by atoms with van der Waals surface area (Å²) in [4.78, 5) is 0. The first kappa shape index (κ1) is 15.5. The zero-order chi connectivity index (χ0) is 14.9. The molecule has 0 fully saturated rings. The lowest BCUT2D eigenvalue weighted by Crippen LogP contribution is -2.31. The predicted molar refractivity (Wildman–Crippen MR) is 89.9 cm³/mol. The van der Waals surface area contributed by atoms with E-state index in [-0.39, 0.29) is 0 Å². The number of ether oxygens (including phenoxy) is 1. The van der Waals surface area contributed by atoms with E-state index in [1.165, 1.54) is 16.7 Å². The highest BCUT2D eigenvalue weighted by Gasteiger charge is 1.99. The van der Waals surface area contributed by atoms with Gasteiger partial charge in [-0.1, -0.05) is 54.6 Å². The van der Waals surface area contributed by atoms with Gasteiger partial charge in [-0.3, -0.25) is 0 Å². The molecule has 2 aromatic carbocycles. The van der Waals surface area contributed by atoms with Crippen molar-refractivity contribution in [2.24, 2.45) is 0 Å². The molecule has 0 saturated carbocycles. The first-order valence-corrected chi connectivity index (χ1v) is 7.34. The topological polar surface area (TPSA) is 33.3 Å². The lowest BCUT2D eigenvalue weighted by Gasteiger charge is -2.09. The third kappa shape index (κ3) is 5.53. The first-order chi connectivity index (χ1) is 10.3. The highest BCUT2D eigenvalue weighted by atomic mass is 32.1. The van der Waals surface area contributed by atoms with Crippen molar-refractivity contribution in [2.45, 2.75) is 19.8 Å². The van der Waals surface area contributed by atoms with Crippen LogP contribution in [0.15, 0.2) is 54.6 Å². The molecule has 0 aliphatic heterocycles. The molecule has 0 heterocycles. The van der Waals surface area contributed by atoms with Gasteiger partial charge in [0.1, 0.15) is 0 Å². The van der Waals surface area contributed by atoms with Gasteiger partial charge in [-0.05, 0) is 28.9 Å². The van der Waals surface area contributed by atoms with Crippen molar-refractivity contribution in [3.05, 3.63) is 71.3 Å². The van der Waals surface area contributed by atoms with Crippen molar-refractivity contribution >= 4 is 17.3 Å². The molecule has 0 spiro atoms. The smallest absolute Gasteiger partial charge is 0.166 e. The van der Waals surface area contributed by atoms with E-state index in [2.05, 4.69) is 41.0 Å². The quantitative estimate of drug-likeness (QED) is 0.804. The Morgan fingerprint density at radius 2 is 1.62 bits per heavy atom. The van der Waals surface area contributed by atoms with Crippen molar-refractivity contribution in [2.75, 3.05) is 7.05 Å². The average Bonchev–Trinajstić information content (AvgIpc) is 2.54. The Morgan fingerprint density at radius 1 is 0.952 bits per heavy atom. The van der Waals surface area contributed by atoms with E-state index >= 15 is 0 Å². The van der Waals surface area contributed by atoms with Crippen LogP contribution >= 0.6 is 12.2 Å². The number of thiocarbonyl (C=S) groups is 1. The van der Waals surface area contributed by atoms with Crippen LogP contribution in [0.1, 0.15) is 16.7 Å². The Hall–Kier alpha value is -1.91. The Morgan fingerprint density at radius 3 is 2.38 bits per heavy atom. The monoisotopic (exact) mass is 300 g/mol. The zero-order valence-electron chi connectivity index (χ0n) is 12.1. The number of nitrogens with one attached hydrogen (secondary N) is 2. The van der Waals surface area contributed by atoms with Crippen molar-refractivity contribution in [3.63, 3.8) is 0 Å². The summed E-state index contributed by atoms with van der Waals surface area (Å²) >= 11 is 5.06. The van der Waals surface area contributed by atoms with Crippen LogP contribution in [0, 0.1) is 0 Å². The van der Waals surface area contributed by atoms with Gasteiger partial charge in [0.05, 0.1) is 13.2 Å². The number of benzene rings is 2. The molecule has 2 aromatic rings. The van der Waals surface area contributed by atoms with Crippen LogP contribution in [-0.2, 0) is 24.5 Å². The van der Waals surface area contributed by atoms with Gasteiger partial charge >= 0.3 is 0 Å². The maximum Gasteiger partial charge on any atom is 0.166 e. The summed E-state index contributed by atoms with van der Waals surface area (Å²) in [5, 5.41) is 6.69. The van der Waals surface area contributed by atoms with Crippen LogP contribution in [0.4, 0.5) is 0 Å². The molecular formula is C17H20N2OS. The van der Waals surface area contributed by atoms with Crippen molar-refractivity contribution in [1.29, 1.82) is 0 Å². The molecule has 0 aliphatic carbocycles. The molecule has 110 valence electrons. The van der Waals surface area contributed by atoms with Gasteiger partial charge in [-0.2, -0.15) is 0 Å². The van der Waals surface area contributed by atoms with E-state index in [9.17, 15) is 0 Å². The molecule has 0 saturated heterocycles. The summed E-state index contributed by atoms with van der Waals surface area (Å²) in [7, 11) is 1.81. The Balaban J connectivity index is 1.82. The fraction of sp³-hybridized carbons (Fsp3) is 0.235. The fourth-order valence-electron chi connectivity index (χ4n) is 1.96. The molecule has 0 unspecified atom stereocenters.